The molecule has 6 heteroatoms. The van der Waals surface area contributed by atoms with Gasteiger partial charge in [-0.25, -0.2) is 0 Å². The van der Waals surface area contributed by atoms with Crippen LogP contribution in [0.25, 0.3) is 0 Å². The van der Waals surface area contributed by atoms with E-state index in [1.165, 1.54) is 12.8 Å². The Morgan fingerprint density at radius 1 is 0.375 bits per heavy atom. The molecule has 0 aromatic heterocycles. The Kier molecular flexibility index (Phi) is 40.7. The molecule has 1 atom stereocenters. The highest BCUT2D eigenvalue weighted by Gasteiger charge is 2.19. The van der Waals surface area contributed by atoms with E-state index in [1.54, 1.807) is 0 Å². The Morgan fingerprint density at radius 2 is 0.732 bits per heavy atom. The second-order valence-corrected chi connectivity index (χ2v) is 13.8. The highest BCUT2D eigenvalue weighted by molar-refractivity contribution is 5.71. The van der Waals surface area contributed by atoms with Gasteiger partial charge in [-0.05, 0) is 103 Å². The number of carbonyl (C=O) groups is 3. The molecule has 0 aromatic carbocycles. The van der Waals surface area contributed by atoms with Crippen molar-refractivity contribution in [2.24, 2.45) is 0 Å². The molecule has 0 rings (SSSR count). The van der Waals surface area contributed by atoms with Gasteiger partial charge in [0.15, 0.2) is 6.10 Å². The number of carbonyl (C=O) groups excluding carboxylic acids is 3. The summed E-state index contributed by atoms with van der Waals surface area (Å²) in [7, 11) is 0. The van der Waals surface area contributed by atoms with Crippen LogP contribution in [0.15, 0.2) is 109 Å². The second-order valence-electron chi connectivity index (χ2n) is 13.8. The van der Waals surface area contributed by atoms with Crippen LogP contribution >= 0.6 is 0 Å². The molecule has 0 spiro atoms. The number of hydrogen-bond donors (Lipinski definition) is 0. The lowest BCUT2D eigenvalue weighted by atomic mass is 10.1. The largest absolute Gasteiger partial charge is 0.462 e. The highest BCUT2D eigenvalue weighted by Crippen LogP contribution is 2.10. The molecule has 0 aliphatic carbocycles. The summed E-state index contributed by atoms with van der Waals surface area (Å²) in [6.07, 6.45) is 58.1. The van der Waals surface area contributed by atoms with Crippen molar-refractivity contribution in [1.82, 2.24) is 0 Å². The Morgan fingerprint density at radius 3 is 1.23 bits per heavy atom. The lowest BCUT2D eigenvalue weighted by Gasteiger charge is -2.18. The standard InChI is InChI=1S/C50H78O6/c1-4-7-10-13-16-19-21-22-23-24-25-26-27-28-29-32-34-37-40-43-49(52)55-46-47(45-54-48(51)42-39-36-33-30-18-15-12-9-6-3)56-50(53)44-41-38-35-31-20-17-14-11-8-5-2/h7,9-10,12,14,16-19,22-23,25-26,28-30,34,37,47H,4-6,8,11,13,15,20-21,24,27,31-33,35-36,38-46H2,1-3H3/b10-7-,12-9-,17-14-,19-16-,23-22-,26-25-,29-28-,30-18-,37-34-. The zero-order valence-electron chi connectivity index (χ0n) is 35.6. The molecular formula is C50H78O6. The Labute approximate surface area is 342 Å². The topological polar surface area (TPSA) is 78.9 Å². The highest BCUT2D eigenvalue weighted by atomic mass is 16.6. The number of hydrogen-bond acceptors (Lipinski definition) is 6. The quantitative estimate of drug-likeness (QED) is 0.0271. The molecule has 6 nitrogen and oxygen atoms in total. The third-order valence-electron chi connectivity index (χ3n) is 8.51. The summed E-state index contributed by atoms with van der Waals surface area (Å²) in [6.45, 7) is 6.20. The van der Waals surface area contributed by atoms with E-state index >= 15 is 0 Å². The van der Waals surface area contributed by atoms with Gasteiger partial charge in [0.2, 0.25) is 0 Å². The molecule has 0 aliphatic heterocycles. The maximum Gasteiger partial charge on any atom is 0.306 e. The van der Waals surface area contributed by atoms with Crippen LogP contribution in [0.3, 0.4) is 0 Å². The summed E-state index contributed by atoms with van der Waals surface area (Å²) in [5.41, 5.74) is 0. The fourth-order valence-corrected chi connectivity index (χ4v) is 5.25. The third-order valence-corrected chi connectivity index (χ3v) is 8.51. The number of unbranched alkanes of at least 4 members (excludes halogenated alkanes) is 8. The average molecular weight is 775 g/mol. The molecule has 0 saturated heterocycles. The molecule has 0 heterocycles. The summed E-state index contributed by atoms with van der Waals surface area (Å²) in [5.74, 6) is -1.08. The van der Waals surface area contributed by atoms with Crippen LogP contribution < -0.4 is 0 Å². The molecule has 314 valence electrons. The van der Waals surface area contributed by atoms with Gasteiger partial charge in [-0.1, -0.05) is 156 Å². The van der Waals surface area contributed by atoms with E-state index in [4.69, 9.17) is 14.2 Å². The van der Waals surface area contributed by atoms with Crippen molar-refractivity contribution in [1.29, 1.82) is 0 Å². The molecule has 0 aliphatic rings. The molecule has 0 radical (unpaired) electrons. The molecule has 0 N–H and O–H groups in total. The van der Waals surface area contributed by atoms with Gasteiger partial charge in [0.25, 0.3) is 0 Å². The zero-order chi connectivity index (χ0) is 40.8. The van der Waals surface area contributed by atoms with E-state index < -0.39 is 6.10 Å². The number of rotatable bonds is 37. The van der Waals surface area contributed by atoms with Crippen LogP contribution in [0.5, 0.6) is 0 Å². The van der Waals surface area contributed by atoms with E-state index in [9.17, 15) is 14.4 Å². The summed E-state index contributed by atoms with van der Waals surface area (Å²) >= 11 is 0. The lowest BCUT2D eigenvalue weighted by Crippen LogP contribution is -2.30. The van der Waals surface area contributed by atoms with Gasteiger partial charge in [0.05, 0.1) is 0 Å². The minimum atomic E-state index is -0.825. The van der Waals surface area contributed by atoms with Crippen molar-refractivity contribution in [2.75, 3.05) is 13.2 Å². The van der Waals surface area contributed by atoms with Gasteiger partial charge >= 0.3 is 17.9 Å². The van der Waals surface area contributed by atoms with Crippen molar-refractivity contribution in [3.05, 3.63) is 109 Å². The molecule has 0 saturated carbocycles. The minimum Gasteiger partial charge on any atom is -0.462 e. The van der Waals surface area contributed by atoms with Gasteiger partial charge in [-0.2, -0.15) is 0 Å². The number of ether oxygens (including phenoxy) is 3. The summed E-state index contributed by atoms with van der Waals surface area (Å²) < 4.78 is 16.5. The first-order chi connectivity index (χ1) is 27.5. The van der Waals surface area contributed by atoms with Crippen molar-refractivity contribution in [2.45, 2.75) is 175 Å². The van der Waals surface area contributed by atoms with Gasteiger partial charge < -0.3 is 14.2 Å². The van der Waals surface area contributed by atoms with E-state index in [1.807, 2.05) is 12.2 Å². The smallest absolute Gasteiger partial charge is 0.306 e. The number of allylic oxidation sites excluding steroid dienone is 18. The molecule has 0 amide bonds. The van der Waals surface area contributed by atoms with E-state index in [0.717, 1.165) is 109 Å². The predicted octanol–water partition coefficient (Wildman–Crippen LogP) is 14.0. The Hall–Kier alpha value is -3.93. The summed E-state index contributed by atoms with van der Waals surface area (Å²) in [5, 5.41) is 0. The lowest BCUT2D eigenvalue weighted by molar-refractivity contribution is -0.166. The monoisotopic (exact) mass is 775 g/mol. The Balaban J connectivity index is 4.51. The van der Waals surface area contributed by atoms with Crippen LogP contribution in [0.2, 0.25) is 0 Å². The van der Waals surface area contributed by atoms with Crippen molar-refractivity contribution >= 4 is 17.9 Å². The van der Waals surface area contributed by atoms with Crippen molar-refractivity contribution in [3.63, 3.8) is 0 Å². The maximum atomic E-state index is 12.6. The van der Waals surface area contributed by atoms with Crippen molar-refractivity contribution in [3.8, 4) is 0 Å². The predicted molar refractivity (Wildman–Crippen MR) is 237 cm³/mol. The van der Waals surface area contributed by atoms with Gasteiger partial charge in [-0.3, -0.25) is 14.4 Å². The van der Waals surface area contributed by atoms with Gasteiger partial charge in [0.1, 0.15) is 13.2 Å². The molecule has 1 unspecified atom stereocenters. The van der Waals surface area contributed by atoms with Crippen LogP contribution in [0.4, 0.5) is 0 Å². The first-order valence-electron chi connectivity index (χ1n) is 21.9. The van der Waals surface area contributed by atoms with Crippen LogP contribution in [-0.2, 0) is 28.6 Å². The summed E-state index contributed by atoms with van der Waals surface area (Å²) in [6, 6.07) is 0. The second kappa shape index (κ2) is 43.8. The van der Waals surface area contributed by atoms with Crippen LogP contribution in [0, 0.1) is 0 Å². The van der Waals surface area contributed by atoms with E-state index in [-0.39, 0.29) is 44.0 Å². The molecule has 0 fully saturated rings. The van der Waals surface area contributed by atoms with E-state index in [2.05, 4.69) is 118 Å². The minimum absolute atomic E-state index is 0.126. The zero-order valence-corrected chi connectivity index (χ0v) is 35.6. The SMILES string of the molecule is CC/C=C\C/C=C\C/C=C\C/C=C\C/C=C\C/C=C\CCC(=O)OCC(COC(=O)CCCC/C=C\C/C=C\CC)OC(=O)CCCCCC/C=C\CCCC. The summed E-state index contributed by atoms with van der Waals surface area (Å²) in [4.78, 5) is 37.5. The first-order valence-corrected chi connectivity index (χ1v) is 21.9. The average Bonchev–Trinajstić information content (AvgIpc) is 3.19. The van der Waals surface area contributed by atoms with Crippen molar-refractivity contribution < 1.29 is 28.6 Å². The van der Waals surface area contributed by atoms with Crippen LogP contribution in [0.1, 0.15) is 168 Å². The fourth-order valence-electron chi connectivity index (χ4n) is 5.25. The third kappa shape index (κ3) is 41.2. The van der Waals surface area contributed by atoms with Gasteiger partial charge in [-0.15, -0.1) is 0 Å². The number of esters is 3. The Bertz CT molecular complexity index is 1210. The molecule has 56 heavy (non-hydrogen) atoms. The molecule has 0 aromatic rings. The van der Waals surface area contributed by atoms with Crippen LogP contribution in [-0.4, -0.2) is 37.2 Å². The normalized spacial score (nSPS) is 13.1. The fraction of sp³-hybridized carbons (Fsp3) is 0.580. The maximum absolute atomic E-state index is 12.6. The first kappa shape index (κ1) is 52.1. The van der Waals surface area contributed by atoms with E-state index in [0.29, 0.717) is 12.8 Å². The molecular weight excluding hydrogens is 697 g/mol. The molecule has 0 bridgehead atoms. The van der Waals surface area contributed by atoms with Gasteiger partial charge in [0, 0.05) is 19.3 Å².